The zero-order valence-electron chi connectivity index (χ0n) is 36.7. The molecule has 0 radical (unpaired) electrons. The van der Waals surface area contributed by atoms with E-state index in [4.69, 9.17) is 0 Å². The van der Waals surface area contributed by atoms with E-state index in [1.807, 2.05) is 0 Å². The highest BCUT2D eigenvalue weighted by Gasteiger charge is 2.38. The number of hydrogen-bond acceptors (Lipinski definition) is 2. The minimum Gasteiger partial charge on any atom is -0.310 e. The number of rotatable bonds is 7. The lowest BCUT2D eigenvalue weighted by Crippen LogP contribution is -2.16. The Morgan fingerprint density at radius 2 is 0.812 bits per heavy atom. The van der Waals surface area contributed by atoms with Crippen molar-refractivity contribution in [3.8, 4) is 33.4 Å². The van der Waals surface area contributed by atoms with Crippen LogP contribution in [0.3, 0.4) is 0 Å². The molecule has 64 heavy (non-hydrogen) atoms. The molecule has 2 aliphatic rings. The number of nitrogens with zero attached hydrogens (tertiary/aromatic N) is 2. The lowest BCUT2D eigenvalue weighted by Gasteiger charge is -2.32. The fraction of sp³-hybridized carbons (Fsp3) is 0.0968. The second-order valence-corrected chi connectivity index (χ2v) is 18.6. The Kier molecular flexibility index (Phi) is 8.58. The van der Waals surface area contributed by atoms with Crippen LogP contribution in [0, 0.1) is 0 Å². The van der Waals surface area contributed by atoms with E-state index in [1.165, 1.54) is 77.2 Å². The quantitative estimate of drug-likeness (QED) is 0.158. The summed E-state index contributed by atoms with van der Waals surface area (Å²) in [7, 11) is 0. The molecule has 0 saturated heterocycles. The van der Waals surface area contributed by atoms with Gasteiger partial charge in [-0.1, -0.05) is 173 Å². The predicted molar refractivity (Wildman–Crippen MR) is 271 cm³/mol. The van der Waals surface area contributed by atoms with Crippen molar-refractivity contribution in [1.29, 1.82) is 0 Å². The van der Waals surface area contributed by atoms with Crippen molar-refractivity contribution in [1.82, 2.24) is 0 Å². The highest BCUT2D eigenvalue weighted by atomic mass is 15.2. The SMILES string of the molecule is CC1(C)c2ccccc2-c2cc(N(c3cccc(-c4ccccc4)c3)c3cc(N(c4ccccc4)c4ccc5ccccc5c4)cc4cc5c(cc34)-c3ccccc3C5(C)C)ccc21. The molecule has 306 valence electrons. The number of benzene rings is 10. The Morgan fingerprint density at radius 1 is 0.281 bits per heavy atom. The number of fused-ring (bicyclic) bond motifs is 8. The van der Waals surface area contributed by atoms with Gasteiger partial charge in [-0.15, -0.1) is 0 Å². The van der Waals surface area contributed by atoms with Crippen molar-refractivity contribution >= 4 is 55.7 Å². The van der Waals surface area contributed by atoms with Crippen LogP contribution < -0.4 is 9.80 Å². The highest BCUT2D eigenvalue weighted by molar-refractivity contribution is 6.07. The first-order valence-electron chi connectivity index (χ1n) is 22.5. The van der Waals surface area contributed by atoms with Crippen molar-refractivity contribution in [2.75, 3.05) is 9.80 Å². The van der Waals surface area contributed by atoms with Crippen LogP contribution >= 0.6 is 0 Å². The molecule has 0 atom stereocenters. The first-order chi connectivity index (χ1) is 31.2. The van der Waals surface area contributed by atoms with Gasteiger partial charge in [0.1, 0.15) is 0 Å². The van der Waals surface area contributed by atoms with Gasteiger partial charge in [-0.25, -0.2) is 0 Å². The maximum atomic E-state index is 2.52. The number of para-hydroxylation sites is 1. The molecule has 0 aromatic heterocycles. The fourth-order valence-corrected chi connectivity index (χ4v) is 10.9. The van der Waals surface area contributed by atoms with Crippen molar-refractivity contribution in [3.05, 3.63) is 241 Å². The molecule has 0 N–H and O–H groups in total. The molecule has 0 aliphatic heterocycles. The summed E-state index contributed by atoms with van der Waals surface area (Å²) in [5.74, 6) is 0. The summed E-state index contributed by atoms with van der Waals surface area (Å²) in [6.45, 7) is 9.48. The molecule has 0 unspecified atom stereocenters. The van der Waals surface area contributed by atoms with E-state index in [-0.39, 0.29) is 10.8 Å². The van der Waals surface area contributed by atoms with E-state index in [0.29, 0.717) is 0 Å². The molecule has 0 heterocycles. The Morgan fingerprint density at radius 3 is 1.56 bits per heavy atom. The lowest BCUT2D eigenvalue weighted by molar-refractivity contribution is 0.660. The molecule has 0 bridgehead atoms. The van der Waals surface area contributed by atoms with Gasteiger partial charge < -0.3 is 9.80 Å². The average Bonchev–Trinajstić information content (AvgIpc) is 3.70. The van der Waals surface area contributed by atoms with Crippen LogP contribution in [-0.2, 0) is 10.8 Å². The largest absolute Gasteiger partial charge is 0.310 e. The van der Waals surface area contributed by atoms with Gasteiger partial charge in [0, 0.05) is 44.7 Å². The molecule has 0 amide bonds. The van der Waals surface area contributed by atoms with Gasteiger partial charge in [0.2, 0.25) is 0 Å². The van der Waals surface area contributed by atoms with Crippen LogP contribution in [0.5, 0.6) is 0 Å². The van der Waals surface area contributed by atoms with Crippen molar-refractivity contribution in [2.45, 2.75) is 38.5 Å². The zero-order valence-corrected chi connectivity index (χ0v) is 36.7. The number of hydrogen-bond donors (Lipinski definition) is 0. The highest BCUT2D eigenvalue weighted by Crippen LogP contribution is 2.55. The van der Waals surface area contributed by atoms with Crippen LogP contribution in [0.2, 0.25) is 0 Å². The van der Waals surface area contributed by atoms with Gasteiger partial charge in [0.05, 0.1) is 5.69 Å². The van der Waals surface area contributed by atoms with Crippen LogP contribution in [0.15, 0.2) is 218 Å². The van der Waals surface area contributed by atoms with Gasteiger partial charge in [0.15, 0.2) is 0 Å². The summed E-state index contributed by atoms with van der Waals surface area (Å²) in [6.07, 6.45) is 0. The third-order valence-corrected chi connectivity index (χ3v) is 14.2. The second kappa shape index (κ2) is 14.4. The van der Waals surface area contributed by atoms with E-state index in [1.54, 1.807) is 0 Å². The molecule has 10 aromatic carbocycles. The van der Waals surface area contributed by atoms with E-state index >= 15 is 0 Å². The smallest absolute Gasteiger partial charge is 0.0561 e. The van der Waals surface area contributed by atoms with Gasteiger partial charge in [0.25, 0.3) is 0 Å². The van der Waals surface area contributed by atoms with E-state index in [2.05, 4.69) is 256 Å². The Labute approximate surface area is 376 Å². The zero-order chi connectivity index (χ0) is 43.2. The van der Waals surface area contributed by atoms with Gasteiger partial charge >= 0.3 is 0 Å². The second-order valence-electron chi connectivity index (χ2n) is 18.6. The molecule has 12 rings (SSSR count). The summed E-state index contributed by atoms with van der Waals surface area (Å²) < 4.78 is 0. The molecule has 0 saturated carbocycles. The van der Waals surface area contributed by atoms with Crippen LogP contribution in [0.25, 0.3) is 54.9 Å². The molecule has 2 heteroatoms. The van der Waals surface area contributed by atoms with Crippen molar-refractivity contribution in [3.63, 3.8) is 0 Å². The summed E-state index contributed by atoms with van der Waals surface area (Å²) in [6, 6.07) is 81.1. The molecular formula is C62H48N2. The monoisotopic (exact) mass is 820 g/mol. The molecule has 10 aromatic rings. The molecular weight excluding hydrogens is 773 g/mol. The normalized spacial score (nSPS) is 13.9. The van der Waals surface area contributed by atoms with Crippen molar-refractivity contribution in [2.24, 2.45) is 0 Å². The third-order valence-electron chi connectivity index (χ3n) is 14.2. The van der Waals surface area contributed by atoms with Gasteiger partial charge in [-0.3, -0.25) is 0 Å². The maximum absolute atomic E-state index is 2.52. The Balaban J connectivity index is 1.18. The summed E-state index contributed by atoms with van der Waals surface area (Å²) in [5, 5.41) is 4.83. The molecule has 2 aliphatic carbocycles. The van der Waals surface area contributed by atoms with Gasteiger partial charge in [-0.05, 0) is 145 Å². The molecule has 0 fully saturated rings. The standard InChI is InChI=1S/C62H48N2/c1-61(2)56-28-15-13-26-51(56)54-38-49(32-33-58(54)61)64(47-25-17-22-44(34-47)41-18-7-5-8-19-41)60-39-50(36-45-37-59-55(40-53(45)60)52-27-14-16-29-57(52)62(59,3)4)63(46-23-9-6-10-24-46)48-31-30-42-20-11-12-21-43(42)35-48/h5-40H,1-4H3. The van der Waals surface area contributed by atoms with Crippen LogP contribution in [0.1, 0.15) is 49.9 Å². The summed E-state index contributed by atoms with van der Waals surface area (Å²) in [5.41, 5.74) is 19.4. The van der Waals surface area contributed by atoms with Crippen LogP contribution in [0.4, 0.5) is 34.1 Å². The molecule has 2 nitrogen and oxygen atoms in total. The Bertz CT molecular complexity index is 3450. The average molecular weight is 821 g/mol. The Hall–Kier alpha value is -7.68. The van der Waals surface area contributed by atoms with Crippen LogP contribution in [-0.4, -0.2) is 0 Å². The lowest BCUT2D eigenvalue weighted by atomic mass is 9.82. The predicted octanol–water partition coefficient (Wildman–Crippen LogP) is 17.2. The number of anilines is 6. The first-order valence-corrected chi connectivity index (χ1v) is 22.5. The third kappa shape index (κ3) is 5.93. The topological polar surface area (TPSA) is 6.48 Å². The fourth-order valence-electron chi connectivity index (χ4n) is 10.9. The first kappa shape index (κ1) is 38.0. The van der Waals surface area contributed by atoms with E-state index in [9.17, 15) is 0 Å². The van der Waals surface area contributed by atoms with Crippen molar-refractivity contribution < 1.29 is 0 Å². The summed E-state index contributed by atoms with van der Waals surface area (Å²) in [4.78, 5) is 4.96. The molecule has 0 spiro atoms. The van der Waals surface area contributed by atoms with E-state index in [0.717, 1.165) is 34.1 Å². The maximum Gasteiger partial charge on any atom is 0.0561 e. The van der Waals surface area contributed by atoms with Gasteiger partial charge in [-0.2, -0.15) is 0 Å². The van der Waals surface area contributed by atoms with E-state index < -0.39 is 0 Å². The summed E-state index contributed by atoms with van der Waals surface area (Å²) >= 11 is 0. The minimum atomic E-state index is -0.155. The minimum absolute atomic E-state index is 0.105.